The molecule has 0 amide bonds. The molecule has 0 saturated heterocycles. The van der Waals surface area contributed by atoms with Crippen LogP contribution in [-0.4, -0.2) is 22.6 Å². The van der Waals surface area contributed by atoms with Crippen molar-refractivity contribution in [2.45, 2.75) is 85.2 Å². The fourth-order valence-corrected chi connectivity index (χ4v) is 3.28. The number of carbonyl (C=O) groups is 2. The Balaban J connectivity index is 2.81. The van der Waals surface area contributed by atoms with E-state index in [0.29, 0.717) is 12.8 Å². The first-order chi connectivity index (χ1) is 9.61. The summed E-state index contributed by atoms with van der Waals surface area (Å²) in [6.45, 7) is 9.20. The van der Waals surface area contributed by atoms with Gasteiger partial charge in [-0.05, 0) is 65.7 Å². The molecule has 1 unspecified atom stereocenters. The van der Waals surface area contributed by atoms with Crippen LogP contribution in [-0.2, 0) is 14.3 Å². The molecule has 1 fully saturated rings. The second kappa shape index (κ2) is 6.37. The van der Waals surface area contributed by atoms with Gasteiger partial charge in [0.25, 0.3) is 0 Å². The van der Waals surface area contributed by atoms with Crippen LogP contribution in [0.4, 0.5) is 0 Å². The third-order valence-corrected chi connectivity index (χ3v) is 5.15. The highest BCUT2D eigenvalue weighted by Gasteiger charge is 2.45. The quantitative estimate of drug-likeness (QED) is 0.716. The predicted octanol–water partition coefficient (Wildman–Crippen LogP) is 4.17. The van der Waals surface area contributed by atoms with E-state index in [1.807, 2.05) is 6.92 Å². The van der Waals surface area contributed by atoms with Gasteiger partial charge in [0.2, 0.25) is 0 Å². The van der Waals surface area contributed by atoms with Crippen molar-refractivity contribution in [1.29, 1.82) is 0 Å². The Hall–Kier alpha value is -1.06. The maximum Gasteiger partial charge on any atom is 0.312 e. The van der Waals surface area contributed by atoms with Gasteiger partial charge in [0.1, 0.15) is 5.60 Å². The number of carbonyl (C=O) groups excluding carboxylic acids is 1. The zero-order chi connectivity index (χ0) is 16.3. The SMILES string of the molecule is CCC1(OC(=O)C(C)(C)CC(C)(CC)C(=O)O)CCCC1. The Labute approximate surface area is 128 Å². The van der Waals surface area contributed by atoms with Gasteiger partial charge in [-0.15, -0.1) is 0 Å². The Morgan fingerprint density at radius 3 is 2.05 bits per heavy atom. The van der Waals surface area contributed by atoms with E-state index in [9.17, 15) is 14.7 Å². The number of carboxylic acid groups (broad SMARTS) is 1. The van der Waals surface area contributed by atoms with Crippen LogP contribution < -0.4 is 0 Å². The number of hydrogen-bond donors (Lipinski definition) is 1. The molecule has 1 N–H and O–H groups in total. The summed E-state index contributed by atoms with van der Waals surface area (Å²) in [4.78, 5) is 24.1. The largest absolute Gasteiger partial charge is 0.481 e. The average Bonchev–Trinajstić information content (AvgIpc) is 2.87. The van der Waals surface area contributed by atoms with Crippen molar-refractivity contribution >= 4 is 11.9 Å². The molecule has 0 aliphatic heterocycles. The minimum atomic E-state index is -0.891. The van der Waals surface area contributed by atoms with E-state index < -0.39 is 16.8 Å². The van der Waals surface area contributed by atoms with Crippen LogP contribution >= 0.6 is 0 Å². The highest BCUT2D eigenvalue weighted by molar-refractivity contribution is 5.79. The van der Waals surface area contributed by atoms with Crippen molar-refractivity contribution in [3.8, 4) is 0 Å². The molecule has 0 bridgehead atoms. The third-order valence-electron chi connectivity index (χ3n) is 5.15. The van der Waals surface area contributed by atoms with Crippen molar-refractivity contribution < 1.29 is 19.4 Å². The summed E-state index contributed by atoms with van der Waals surface area (Å²) in [6, 6.07) is 0. The molecule has 0 radical (unpaired) electrons. The maximum absolute atomic E-state index is 12.6. The number of ether oxygens (including phenoxy) is 1. The minimum absolute atomic E-state index is 0.257. The van der Waals surface area contributed by atoms with Crippen molar-refractivity contribution in [2.24, 2.45) is 10.8 Å². The molecule has 21 heavy (non-hydrogen) atoms. The lowest BCUT2D eigenvalue weighted by molar-refractivity contribution is -0.174. The molecule has 1 saturated carbocycles. The predicted molar refractivity (Wildman–Crippen MR) is 82.0 cm³/mol. The van der Waals surface area contributed by atoms with E-state index in [4.69, 9.17) is 4.74 Å². The molecule has 0 heterocycles. The Morgan fingerprint density at radius 1 is 1.14 bits per heavy atom. The molecule has 1 atom stereocenters. The first-order valence-electron chi connectivity index (χ1n) is 8.08. The molecule has 122 valence electrons. The van der Waals surface area contributed by atoms with E-state index in [1.54, 1.807) is 20.8 Å². The molecule has 1 aliphatic carbocycles. The lowest BCUT2D eigenvalue weighted by Gasteiger charge is -2.36. The van der Waals surface area contributed by atoms with Crippen LogP contribution in [0.15, 0.2) is 0 Å². The Kier molecular flexibility index (Phi) is 5.46. The van der Waals surface area contributed by atoms with Gasteiger partial charge in [0.05, 0.1) is 10.8 Å². The monoisotopic (exact) mass is 298 g/mol. The minimum Gasteiger partial charge on any atom is -0.481 e. The van der Waals surface area contributed by atoms with E-state index in [0.717, 1.165) is 32.1 Å². The van der Waals surface area contributed by atoms with E-state index in [1.165, 1.54) is 0 Å². The lowest BCUT2D eigenvalue weighted by Crippen LogP contribution is -2.41. The molecule has 4 nitrogen and oxygen atoms in total. The van der Waals surface area contributed by atoms with Gasteiger partial charge in [-0.3, -0.25) is 9.59 Å². The first-order valence-corrected chi connectivity index (χ1v) is 8.08. The maximum atomic E-state index is 12.6. The van der Waals surface area contributed by atoms with Gasteiger partial charge < -0.3 is 9.84 Å². The first kappa shape index (κ1) is 18.0. The fourth-order valence-electron chi connectivity index (χ4n) is 3.28. The summed E-state index contributed by atoms with van der Waals surface area (Å²) in [5, 5.41) is 9.41. The van der Waals surface area contributed by atoms with Gasteiger partial charge in [-0.2, -0.15) is 0 Å². The second-order valence-corrected chi connectivity index (χ2v) is 7.41. The van der Waals surface area contributed by atoms with Gasteiger partial charge >= 0.3 is 11.9 Å². The molecule has 1 rings (SSSR count). The number of hydrogen-bond acceptors (Lipinski definition) is 3. The topological polar surface area (TPSA) is 63.6 Å². The van der Waals surface area contributed by atoms with Gasteiger partial charge in [0, 0.05) is 0 Å². The van der Waals surface area contributed by atoms with Crippen LogP contribution in [0, 0.1) is 10.8 Å². The summed E-state index contributed by atoms with van der Waals surface area (Å²) in [6.07, 6.45) is 5.68. The van der Waals surface area contributed by atoms with Crippen molar-refractivity contribution in [1.82, 2.24) is 0 Å². The van der Waals surface area contributed by atoms with Crippen molar-refractivity contribution in [3.63, 3.8) is 0 Å². The zero-order valence-electron chi connectivity index (χ0n) is 14.1. The van der Waals surface area contributed by atoms with E-state index in [-0.39, 0.29) is 11.6 Å². The zero-order valence-corrected chi connectivity index (χ0v) is 14.1. The molecule has 0 aromatic rings. The fraction of sp³-hybridized carbons (Fsp3) is 0.882. The van der Waals surface area contributed by atoms with Crippen LogP contribution in [0.5, 0.6) is 0 Å². The third kappa shape index (κ3) is 3.98. The highest BCUT2D eigenvalue weighted by Crippen LogP contribution is 2.41. The number of rotatable bonds is 7. The van der Waals surface area contributed by atoms with Crippen LogP contribution in [0.2, 0.25) is 0 Å². The summed E-state index contributed by atoms with van der Waals surface area (Å²) in [5.41, 5.74) is -1.99. The number of esters is 1. The van der Waals surface area contributed by atoms with Crippen LogP contribution in [0.1, 0.15) is 79.6 Å². The smallest absolute Gasteiger partial charge is 0.312 e. The molecular weight excluding hydrogens is 268 g/mol. The Morgan fingerprint density at radius 2 is 1.67 bits per heavy atom. The highest BCUT2D eigenvalue weighted by atomic mass is 16.6. The molecule has 0 spiro atoms. The average molecular weight is 298 g/mol. The molecular formula is C17H30O4. The summed E-state index contributed by atoms with van der Waals surface area (Å²) in [7, 11) is 0. The molecule has 0 aromatic carbocycles. The number of carboxylic acids is 1. The summed E-state index contributed by atoms with van der Waals surface area (Å²) < 4.78 is 5.85. The van der Waals surface area contributed by atoms with Crippen molar-refractivity contribution in [2.75, 3.05) is 0 Å². The van der Waals surface area contributed by atoms with E-state index >= 15 is 0 Å². The molecule has 1 aliphatic rings. The van der Waals surface area contributed by atoms with Gasteiger partial charge in [-0.1, -0.05) is 13.8 Å². The van der Waals surface area contributed by atoms with Gasteiger partial charge in [0.15, 0.2) is 0 Å². The lowest BCUT2D eigenvalue weighted by atomic mass is 9.72. The molecule has 4 heteroatoms. The number of aliphatic carboxylic acids is 1. The van der Waals surface area contributed by atoms with Crippen LogP contribution in [0.3, 0.4) is 0 Å². The Bertz CT molecular complexity index is 394. The standard InChI is InChI=1S/C17H30O4/c1-6-16(5,13(18)19)12-15(3,4)14(20)21-17(7-2)10-8-9-11-17/h6-12H2,1-5H3,(H,18,19). The summed E-state index contributed by atoms with van der Waals surface area (Å²) >= 11 is 0. The van der Waals surface area contributed by atoms with Crippen molar-refractivity contribution in [3.05, 3.63) is 0 Å². The van der Waals surface area contributed by atoms with Gasteiger partial charge in [-0.25, -0.2) is 0 Å². The second-order valence-electron chi connectivity index (χ2n) is 7.41. The molecule has 0 aromatic heterocycles. The van der Waals surface area contributed by atoms with Crippen LogP contribution in [0.25, 0.3) is 0 Å². The summed E-state index contributed by atoms with van der Waals surface area (Å²) in [5.74, 6) is -1.11. The van der Waals surface area contributed by atoms with E-state index in [2.05, 4.69) is 6.92 Å². The normalized spacial score (nSPS) is 20.8.